The molecule has 0 amide bonds. The number of pyridine rings is 1. The van der Waals surface area contributed by atoms with Crippen molar-refractivity contribution < 1.29 is 0 Å². The topological polar surface area (TPSA) is 34.3 Å². The van der Waals surface area contributed by atoms with Crippen LogP contribution in [-0.4, -0.2) is 20.5 Å². The summed E-state index contributed by atoms with van der Waals surface area (Å²) in [5, 5.41) is 3.54. The highest BCUT2D eigenvalue weighted by Gasteiger charge is 2.10. The van der Waals surface area contributed by atoms with Crippen molar-refractivity contribution in [2.45, 2.75) is 32.9 Å². The first-order chi connectivity index (χ1) is 10.3. The van der Waals surface area contributed by atoms with E-state index in [2.05, 4.69) is 57.6 Å². The van der Waals surface area contributed by atoms with Crippen LogP contribution in [0.25, 0.3) is 5.65 Å². The lowest BCUT2D eigenvalue weighted by Gasteiger charge is -2.16. The molecule has 0 bridgehead atoms. The molecule has 0 aromatic carbocycles. The number of nitrogens with zero attached hydrogens (tertiary/aromatic N) is 3. The van der Waals surface area contributed by atoms with E-state index >= 15 is 0 Å². The molecule has 110 valence electrons. The average molecular weight is 282 g/mol. The second-order valence-corrected chi connectivity index (χ2v) is 5.44. The largest absolute Gasteiger partial charge is 0.344 e. The maximum atomic E-state index is 4.67. The van der Waals surface area contributed by atoms with E-state index in [9.17, 15) is 0 Å². The molecule has 0 fully saturated rings. The van der Waals surface area contributed by atoms with Gasteiger partial charge in [-0.3, -0.25) is 0 Å². The Morgan fingerprint density at radius 3 is 2.90 bits per heavy atom. The van der Waals surface area contributed by atoms with Crippen molar-refractivity contribution >= 4 is 5.65 Å². The Morgan fingerprint density at radius 2 is 2.10 bits per heavy atom. The quantitative estimate of drug-likeness (QED) is 0.753. The first-order valence-electron chi connectivity index (χ1n) is 7.59. The number of nitrogens with one attached hydrogen (secondary N) is 1. The lowest BCUT2D eigenvalue weighted by Crippen LogP contribution is -2.22. The predicted molar refractivity (Wildman–Crippen MR) is 85.4 cm³/mol. The fraction of sp³-hybridized carbons (Fsp3) is 0.353. The number of rotatable bonds is 6. The van der Waals surface area contributed by atoms with Gasteiger partial charge in [-0.15, -0.1) is 0 Å². The van der Waals surface area contributed by atoms with E-state index in [1.165, 1.54) is 5.69 Å². The monoisotopic (exact) mass is 282 g/mol. The summed E-state index contributed by atoms with van der Waals surface area (Å²) in [4.78, 5) is 4.67. The highest BCUT2D eigenvalue weighted by Crippen LogP contribution is 2.15. The number of hydrogen-bond acceptors (Lipinski definition) is 2. The zero-order valence-electron chi connectivity index (χ0n) is 12.7. The molecular weight excluding hydrogens is 260 g/mol. The number of imidazole rings is 1. The van der Waals surface area contributed by atoms with E-state index in [1.54, 1.807) is 0 Å². The van der Waals surface area contributed by atoms with Crippen molar-refractivity contribution in [2.24, 2.45) is 0 Å². The molecule has 3 aromatic rings. The molecule has 4 heteroatoms. The van der Waals surface area contributed by atoms with Crippen LogP contribution in [0.15, 0.2) is 48.9 Å². The molecule has 21 heavy (non-hydrogen) atoms. The van der Waals surface area contributed by atoms with E-state index in [-0.39, 0.29) is 0 Å². The molecule has 4 nitrogen and oxygen atoms in total. The van der Waals surface area contributed by atoms with Gasteiger partial charge in [0, 0.05) is 30.3 Å². The summed E-state index contributed by atoms with van der Waals surface area (Å²) in [6.45, 7) is 6.25. The van der Waals surface area contributed by atoms with Gasteiger partial charge in [0.15, 0.2) is 0 Å². The molecule has 1 N–H and O–H groups in total. The molecule has 0 saturated heterocycles. The molecule has 1 atom stereocenters. The molecule has 0 aliphatic carbocycles. The smallest absolute Gasteiger partial charge is 0.137 e. The van der Waals surface area contributed by atoms with Gasteiger partial charge in [-0.05, 0) is 44.2 Å². The van der Waals surface area contributed by atoms with Gasteiger partial charge in [-0.25, -0.2) is 4.98 Å². The maximum absolute atomic E-state index is 4.67. The van der Waals surface area contributed by atoms with E-state index in [0.717, 1.165) is 30.9 Å². The maximum Gasteiger partial charge on any atom is 0.137 e. The summed E-state index contributed by atoms with van der Waals surface area (Å²) in [7, 11) is 0. The Kier molecular flexibility index (Phi) is 4.06. The van der Waals surface area contributed by atoms with Crippen molar-refractivity contribution in [3.8, 4) is 0 Å². The number of hydrogen-bond donors (Lipinski definition) is 1. The summed E-state index contributed by atoms with van der Waals surface area (Å²) < 4.78 is 4.34. The normalized spacial score (nSPS) is 12.9. The third kappa shape index (κ3) is 3.00. The molecule has 3 heterocycles. The van der Waals surface area contributed by atoms with Gasteiger partial charge in [0.25, 0.3) is 0 Å². The summed E-state index contributed by atoms with van der Waals surface area (Å²) in [6.07, 6.45) is 7.41. The first-order valence-corrected chi connectivity index (χ1v) is 7.59. The summed E-state index contributed by atoms with van der Waals surface area (Å²) in [6, 6.07) is 10.7. The fourth-order valence-corrected chi connectivity index (χ4v) is 2.67. The van der Waals surface area contributed by atoms with Crippen LogP contribution in [0, 0.1) is 0 Å². The Labute approximate surface area is 125 Å². The first kappa shape index (κ1) is 13.9. The molecular formula is C17H22N4. The van der Waals surface area contributed by atoms with Crippen LogP contribution in [-0.2, 0) is 6.54 Å². The van der Waals surface area contributed by atoms with Crippen molar-refractivity contribution in [3.05, 3.63) is 60.3 Å². The Hall–Kier alpha value is -2.07. The Morgan fingerprint density at radius 1 is 1.19 bits per heavy atom. The van der Waals surface area contributed by atoms with E-state index in [1.807, 2.05) is 24.4 Å². The van der Waals surface area contributed by atoms with Gasteiger partial charge in [-0.2, -0.15) is 0 Å². The summed E-state index contributed by atoms with van der Waals surface area (Å²) in [5.74, 6) is 0. The molecule has 3 rings (SSSR count). The van der Waals surface area contributed by atoms with E-state index < -0.39 is 0 Å². The Bertz CT molecular complexity index is 677. The summed E-state index contributed by atoms with van der Waals surface area (Å²) in [5.41, 5.74) is 3.39. The zero-order chi connectivity index (χ0) is 14.7. The van der Waals surface area contributed by atoms with Crippen molar-refractivity contribution in [1.29, 1.82) is 0 Å². The molecule has 0 aliphatic heterocycles. The lowest BCUT2D eigenvalue weighted by molar-refractivity contribution is 0.533. The number of aromatic nitrogens is 3. The van der Waals surface area contributed by atoms with Crippen LogP contribution >= 0.6 is 0 Å². The minimum absolute atomic E-state index is 0.358. The highest BCUT2D eigenvalue weighted by molar-refractivity contribution is 5.39. The molecule has 3 aromatic heterocycles. The predicted octanol–water partition coefficient (Wildman–Crippen LogP) is 3.24. The van der Waals surface area contributed by atoms with Crippen LogP contribution in [0.2, 0.25) is 0 Å². The lowest BCUT2D eigenvalue weighted by atomic mass is 10.2. The van der Waals surface area contributed by atoms with Crippen LogP contribution in [0.5, 0.6) is 0 Å². The van der Waals surface area contributed by atoms with Gasteiger partial charge in [-0.1, -0.05) is 13.0 Å². The molecule has 1 unspecified atom stereocenters. The van der Waals surface area contributed by atoms with Gasteiger partial charge < -0.3 is 14.3 Å². The van der Waals surface area contributed by atoms with Crippen molar-refractivity contribution in [1.82, 2.24) is 19.3 Å². The van der Waals surface area contributed by atoms with Crippen LogP contribution in [0.1, 0.15) is 37.7 Å². The SMILES string of the molecule is CCCNC(C)c1cccn1Cc1cn2ccccc2n1. The van der Waals surface area contributed by atoms with Crippen LogP contribution in [0.4, 0.5) is 0 Å². The third-order valence-electron chi connectivity index (χ3n) is 3.76. The third-order valence-corrected chi connectivity index (χ3v) is 3.76. The van der Waals surface area contributed by atoms with Gasteiger partial charge in [0.1, 0.15) is 5.65 Å². The highest BCUT2D eigenvalue weighted by atomic mass is 15.1. The van der Waals surface area contributed by atoms with Gasteiger partial charge in [0.2, 0.25) is 0 Å². The second kappa shape index (κ2) is 6.14. The fourth-order valence-electron chi connectivity index (χ4n) is 2.67. The van der Waals surface area contributed by atoms with E-state index in [4.69, 9.17) is 0 Å². The van der Waals surface area contributed by atoms with E-state index in [0.29, 0.717) is 6.04 Å². The average Bonchev–Trinajstić information content (AvgIpc) is 3.11. The van der Waals surface area contributed by atoms with Crippen molar-refractivity contribution in [3.63, 3.8) is 0 Å². The number of fused-ring (bicyclic) bond motifs is 1. The van der Waals surface area contributed by atoms with Crippen molar-refractivity contribution in [2.75, 3.05) is 6.54 Å². The van der Waals surface area contributed by atoms with Gasteiger partial charge >= 0.3 is 0 Å². The molecule has 0 aliphatic rings. The molecule has 0 saturated carbocycles. The minimum Gasteiger partial charge on any atom is -0.344 e. The zero-order valence-corrected chi connectivity index (χ0v) is 12.7. The second-order valence-electron chi connectivity index (χ2n) is 5.44. The molecule has 0 radical (unpaired) electrons. The molecule has 0 spiro atoms. The summed E-state index contributed by atoms with van der Waals surface area (Å²) >= 11 is 0. The van der Waals surface area contributed by atoms with Crippen LogP contribution < -0.4 is 5.32 Å². The van der Waals surface area contributed by atoms with Crippen LogP contribution in [0.3, 0.4) is 0 Å². The minimum atomic E-state index is 0.358. The Balaban J connectivity index is 1.80. The van der Waals surface area contributed by atoms with Gasteiger partial charge in [0.05, 0.1) is 12.2 Å². The standard InChI is InChI=1S/C17H22N4/c1-3-9-18-14(2)16-7-6-11-20(16)12-15-13-21-10-5-4-8-17(21)19-15/h4-8,10-11,13-14,18H,3,9,12H2,1-2H3.